The number of morpholine rings is 1. The van der Waals surface area contributed by atoms with E-state index in [0.29, 0.717) is 13.0 Å². The molecule has 1 aliphatic rings. The van der Waals surface area contributed by atoms with E-state index in [1.54, 1.807) is 0 Å². The summed E-state index contributed by atoms with van der Waals surface area (Å²) in [6.45, 7) is 3.08. The normalized spacial score (nSPS) is 19.7. The number of unbranched alkanes of at least 4 members (excludes halogenated alkanes) is 3. The van der Waals surface area contributed by atoms with Gasteiger partial charge in [-0.2, -0.15) is 11.8 Å². The zero-order chi connectivity index (χ0) is 13.1. The monoisotopic (exact) mass is 274 g/mol. The number of amides is 1. The molecule has 2 N–H and O–H groups in total. The van der Waals surface area contributed by atoms with Crippen molar-refractivity contribution in [1.29, 1.82) is 0 Å². The minimum Gasteiger partial charge on any atom is -0.378 e. The highest BCUT2D eigenvalue weighted by Gasteiger charge is 2.16. The van der Waals surface area contributed by atoms with E-state index < -0.39 is 0 Å². The van der Waals surface area contributed by atoms with Gasteiger partial charge in [-0.05, 0) is 24.9 Å². The van der Waals surface area contributed by atoms with Gasteiger partial charge in [0.2, 0.25) is 5.91 Å². The average molecular weight is 274 g/mol. The first kappa shape index (κ1) is 15.8. The van der Waals surface area contributed by atoms with Crippen molar-refractivity contribution in [2.24, 2.45) is 0 Å². The Kier molecular flexibility index (Phi) is 9.34. The van der Waals surface area contributed by atoms with Gasteiger partial charge < -0.3 is 15.4 Å². The topological polar surface area (TPSA) is 50.4 Å². The second kappa shape index (κ2) is 10.6. The van der Waals surface area contributed by atoms with E-state index in [1.165, 1.54) is 25.0 Å². The van der Waals surface area contributed by atoms with Crippen LogP contribution in [0.3, 0.4) is 0 Å². The van der Waals surface area contributed by atoms with E-state index in [0.717, 1.165) is 26.1 Å². The quantitative estimate of drug-likeness (QED) is 0.624. The van der Waals surface area contributed by atoms with Gasteiger partial charge in [0.1, 0.15) is 0 Å². The molecule has 5 heteroatoms. The van der Waals surface area contributed by atoms with Gasteiger partial charge in [-0.3, -0.25) is 4.79 Å². The first-order chi connectivity index (χ1) is 8.83. The van der Waals surface area contributed by atoms with E-state index in [9.17, 15) is 4.79 Å². The van der Waals surface area contributed by atoms with Crippen molar-refractivity contribution in [2.45, 2.75) is 38.1 Å². The Morgan fingerprint density at radius 1 is 1.39 bits per heavy atom. The van der Waals surface area contributed by atoms with Gasteiger partial charge >= 0.3 is 0 Å². The third-order valence-corrected chi connectivity index (χ3v) is 3.72. The Labute approximate surface area is 115 Å². The number of hydrogen-bond donors (Lipinski definition) is 2. The fraction of sp³-hybridized carbons (Fsp3) is 0.923. The van der Waals surface area contributed by atoms with Crippen molar-refractivity contribution in [2.75, 3.05) is 38.3 Å². The van der Waals surface area contributed by atoms with E-state index in [4.69, 9.17) is 4.74 Å². The maximum Gasteiger partial charge on any atom is 0.221 e. The summed E-state index contributed by atoms with van der Waals surface area (Å²) in [6.07, 6.45) is 7.54. The Morgan fingerprint density at radius 2 is 2.22 bits per heavy atom. The van der Waals surface area contributed by atoms with Crippen molar-refractivity contribution in [3.8, 4) is 0 Å². The second-order valence-corrected chi connectivity index (χ2v) is 5.67. The fourth-order valence-corrected chi connectivity index (χ4v) is 2.49. The lowest BCUT2D eigenvalue weighted by molar-refractivity contribution is -0.122. The molecule has 0 saturated carbocycles. The zero-order valence-electron chi connectivity index (χ0n) is 11.4. The lowest BCUT2D eigenvalue weighted by atomic mass is 10.2. The predicted molar refractivity (Wildman–Crippen MR) is 77.1 cm³/mol. The van der Waals surface area contributed by atoms with E-state index >= 15 is 0 Å². The summed E-state index contributed by atoms with van der Waals surface area (Å²) in [4.78, 5) is 11.6. The first-order valence-electron chi connectivity index (χ1n) is 6.89. The van der Waals surface area contributed by atoms with Gasteiger partial charge in [0, 0.05) is 25.6 Å². The first-order valence-corrected chi connectivity index (χ1v) is 8.29. The van der Waals surface area contributed by atoms with Gasteiger partial charge in [0.25, 0.3) is 0 Å². The van der Waals surface area contributed by atoms with Crippen LogP contribution in [0.4, 0.5) is 0 Å². The Balaban J connectivity index is 1.90. The van der Waals surface area contributed by atoms with Gasteiger partial charge in [0.15, 0.2) is 0 Å². The van der Waals surface area contributed by atoms with Crippen LogP contribution in [0.25, 0.3) is 0 Å². The molecule has 0 spiro atoms. The summed E-state index contributed by atoms with van der Waals surface area (Å²) in [5, 5.41) is 6.27. The van der Waals surface area contributed by atoms with Crippen LogP contribution in [-0.2, 0) is 9.53 Å². The molecule has 0 aromatic heterocycles. The highest BCUT2D eigenvalue weighted by Crippen LogP contribution is 2.04. The summed E-state index contributed by atoms with van der Waals surface area (Å²) in [6, 6.07) is 0.195. The number of carbonyl (C=O) groups excluding carboxylic acids is 1. The standard InChI is InChI=1S/C13H26N2O2S/c1-18-9-5-3-2-4-6-15-13(16)10-12-11-17-8-7-14-12/h12,14H,2-11H2,1H3,(H,15,16). The van der Waals surface area contributed by atoms with Gasteiger partial charge in [-0.25, -0.2) is 0 Å². The molecule has 1 unspecified atom stereocenters. The van der Waals surface area contributed by atoms with Crippen molar-refractivity contribution < 1.29 is 9.53 Å². The van der Waals surface area contributed by atoms with E-state index in [-0.39, 0.29) is 11.9 Å². The predicted octanol–water partition coefficient (Wildman–Crippen LogP) is 1.40. The molecule has 1 saturated heterocycles. The molecule has 1 fully saturated rings. The number of thioether (sulfide) groups is 1. The Bertz CT molecular complexity index is 221. The van der Waals surface area contributed by atoms with Crippen molar-refractivity contribution >= 4 is 17.7 Å². The zero-order valence-corrected chi connectivity index (χ0v) is 12.2. The van der Waals surface area contributed by atoms with Crippen LogP contribution in [0.5, 0.6) is 0 Å². The second-order valence-electron chi connectivity index (χ2n) is 4.69. The summed E-state index contributed by atoms with van der Waals surface area (Å²) in [7, 11) is 0. The van der Waals surface area contributed by atoms with Gasteiger partial charge in [0.05, 0.1) is 13.2 Å². The molecular formula is C13H26N2O2S. The third kappa shape index (κ3) is 7.95. The molecule has 1 heterocycles. The van der Waals surface area contributed by atoms with Crippen LogP contribution in [0.15, 0.2) is 0 Å². The Morgan fingerprint density at radius 3 is 2.94 bits per heavy atom. The molecule has 4 nitrogen and oxygen atoms in total. The van der Waals surface area contributed by atoms with Crippen LogP contribution in [0.2, 0.25) is 0 Å². The third-order valence-electron chi connectivity index (χ3n) is 3.03. The molecule has 0 aliphatic carbocycles. The number of ether oxygens (including phenoxy) is 1. The minimum absolute atomic E-state index is 0.141. The van der Waals surface area contributed by atoms with Crippen molar-refractivity contribution in [3.05, 3.63) is 0 Å². The lowest BCUT2D eigenvalue weighted by Crippen LogP contribution is -2.44. The summed E-state index contributed by atoms with van der Waals surface area (Å²) < 4.78 is 5.32. The lowest BCUT2D eigenvalue weighted by Gasteiger charge is -2.23. The molecule has 1 amide bonds. The molecule has 1 atom stereocenters. The SMILES string of the molecule is CSCCCCCCNC(=O)CC1COCCN1. The van der Waals surface area contributed by atoms with E-state index in [1.807, 2.05) is 11.8 Å². The summed E-state index contributed by atoms with van der Waals surface area (Å²) in [5.41, 5.74) is 0. The van der Waals surface area contributed by atoms with Gasteiger partial charge in [-0.15, -0.1) is 0 Å². The molecule has 0 aromatic rings. The summed E-state index contributed by atoms with van der Waals surface area (Å²) >= 11 is 1.90. The molecule has 18 heavy (non-hydrogen) atoms. The van der Waals surface area contributed by atoms with Crippen molar-refractivity contribution in [1.82, 2.24) is 10.6 Å². The van der Waals surface area contributed by atoms with Crippen LogP contribution in [0, 0.1) is 0 Å². The number of hydrogen-bond acceptors (Lipinski definition) is 4. The van der Waals surface area contributed by atoms with Crippen LogP contribution >= 0.6 is 11.8 Å². The molecule has 1 aliphatic heterocycles. The number of rotatable bonds is 9. The molecule has 0 aromatic carbocycles. The highest BCUT2D eigenvalue weighted by molar-refractivity contribution is 7.98. The molecule has 1 rings (SSSR count). The van der Waals surface area contributed by atoms with Crippen molar-refractivity contribution in [3.63, 3.8) is 0 Å². The fourth-order valence-electron chi connectivity index (χ4n) is 2.00. The van der Waals surface area contributed by atoms with Crippen LogP contribution < -0.4 is 10.6 Å². The Hall–Kier alpha value is -0.260. The molecule has 0 bridgehead atoms. The summed E-state index contributed by atoms with van der Waals surface area (Å²) in [5.74, 6) is 1.39. The largest absolute Gasteiger partial charge is 0.378 e. The van der Waals surface area contributed by atoms with Gasteiger partial charge in [-0.1, -0.05) is 12.8 Å². The molecule has 0 radical (unpaired) electrons. The van der Waals surface area contributed by atoms with E-state index in [2.05, 4.69) is 16.9 Å². The number of carbonyl (C=O) groups is 1. The maximum absolute atomic E-state index is 11.6. The molecular weight excluding hydrogens is 248 g/mol. The van der Waals surface area contributed by atoms with Crippen LogP contribution in [0.1, 0.15) is 32.1 Å². The number of nitrogens with one attached hydrogen (secondary N) is 2. The highest BCUT2D eigenvalue weighted by atomic mass is 32.2. The average Bonchev–Trinajstić information content (AvgIpc) is 2.39. The van der Waals surface area contributed by atoms with Crippen LogP contribution in [-0.4, -0.2) is 50.3 Å². The minimum atomic E-state index is 0.141. The smallest absolute Gasteiger partial charge is 0.221 e. The molecule has 106 valence electrons. The maximum atomic E-state index is 11.6.